The maximum absolute atomic E-state index is 12.1. The van der Waals surface area contributed by atoms with Gasteiger partial charge in [-0.1, -0.05) is 12.1 Å². The topological polar surface area (TPSA) is 69.7 Å². The minimum Gasteiger partial charge on any atom is -0.487 e. The molecule has 7 heteroatoms. The molecule has 0 fully saturated rings. The van der Waals surface area contributed by atoms with Crippen molar-refractivity contribution in [2.45, 2.75) is 13.5 Å². The smallest absolute Gasteiger partial charge is 0.248 e. The van der Waals surface area contributed by atoms with Crippen LogP contribution in [0.4, 0.5) is 5.69 Å². The van der Waals surface area contributed by atoms with Gasteiger partial charge < -0.3 is 19.5 Å². The Labute approximate surface area is 166 Å². The number of fused-ring (bicyclic) bond motifs is 1. The van der Waals surface area contributed by atoms with Gasteiger partial charge in [-0.25, -0.2) is 4.98 Å². The quantitative estimate of drug-likeness (QED) is 0.627. The zero-order valence-corrected chi connectivity index (χ0v) is 16.0. The van der Waals surface area contributed by atoms with Crippen molar-refractivity contribution in [1.82, 2.24) is 4.98 Å². The molecule has 142 valence electrons. The van der Waals surface area contributed by atoms with Crippen LogP contribution < -0.4 is 19.5 Å². The van der Waals surface area contributed by atoms with E-state index in [0.29, 0.717) is 23.8 Å². The van der Waals surface area contributed by atoms with Gasteiger partial charge in [-0.05, 0) is 42.8 Å². The number of carbonyl (C=O) groups is 1. The van der Waals surface area contributed by atoms with Gasteiger partial charge in [0.2, 0.25) is 12.7 Å². The fourth-order valence-electron chi connectivity index (χ4n) is 2.64. The van der Waals surface area contributed by atoms with E-state index in [1.165, 1.54) is 6.08 Å². The van der Waals surface area contributed by atoms with Gasteiger partial charge in [0.05, 0.1) is 10.7 Å². The molecule has 0 radical (unpaired) electrons. The van der Waals surface area contributed by atoms with Crippen LogP contribution in [0.15, 0.2) is 53.9 Å². The van der Waals surface area contributed by atoms with Gasteiger partial charge in [-0.3, -0.25) is 4.79 Å². The molecule has 0 aliphatic carbocycles. The van der Waals surface area contributed by atoms with Crippen LogP contribution >= 0.6 is 11.3 Å². The lowest BCUT2D eigenvalue weighted by atomic mass is 10.2. The summed E-state index contributed by atoms with van der Waals surface area (Å²) in [5.74, 6) is 1.84. The number of rotatable bonds is 6. The summed E-state index contributed by atoms with van der Waals surface area (Å²) in [6.07, 6.45) is 3.23. The second-order valence-corrected chi connectivity index (χ2v) is 7.17. The fourth-order valence-corrected chi connectivity index (χ4v) is 3.23. The minimum absolute atomic E-state index is 0.204. The number of ether oxygens (including phenoxy) is 3. The lowest BCUT2D eigenvalue weighted by Gasteiger charge is -2.05. The van der Waals surface area contributed by atoms with Crippen molar-refractivity contribution in [1.29, 1.82) is 0 Å². The average Bonchev–Trinajstić information content (AvgIpc) is 3.34. The molecular formula is C21H18N2O4S. The summed E-state index contributed by atoms with van der Waals surface area (Å²) < 4.78 is 16.3. The standard InChI is InChI=1S/C21H18N2O4S/c1-14-22-17(12-28-14)11-25-18-6-2-15(3-7-18)4-9-21(24)23-16-5-8-19-20(10-16)27-13-26-19/h2-10,12H,11,13H2,1H3,(H,23,24)/b9-4+. The first kappa shape index (κ1) is 18.1. The maximum atomic E-state index is 12.1. The molecule has 0 spiro atoms. The third-order valence-electron chi connectivity index (χ3n) is 4.00. The normalized spacial score (nSPS) is 12.3. The molecule has 1 aromatic heterocycles. The number of benzene rings is 2. The Kier molecular flexibility index (Phi) is 5.25. The number of thiazole rings is 1. The van der Waals surface area contributed by atoms with E-state index in [1.54, 1.807) is 35.6 Å². The summed E-state index contributed by atoms with van der Waals surface area (Å²) in [5, 5.41) is 5.82. The van der Waals surface area contributed by atoms with Crippen molar-refractivity contribution in [2.75, 3.05) is 12.1 Å². The van der Waals surface area contributed by atoms with E-state index in [2.05, 4.69) is 10.3 Å². The predicted molar refractivity (Wildman–Crippen MR) is 108 cm³/mol. The highest BCUT2D eigenvalue weighted by molar-refractivity contribution is 7.09. The lowest BCUT2D eigenvalue weighted by molar-refractivity contribution is -0.111. The summed E-state index contributed by atoms with van der Waals surface area (Å²) >= 11 is 1.61. The van der Waals surface area contributed by atoms with E-state index in [0.717, 1.165) is 22.0 Å². The van der Waals surface area contributed by atoms with Crippen molar-refractivity contribution >= 4 is 29.0 Å². The van der Waals surface area contributed by atoms with Gasteiger partial charge in [-0.2, -0.15) is 0 Å². The summed E-state index contributed by atoms with van der Waals surface area (Å²) in [6, 6.07) is 12.8. The largest absolute Gasteiger partial charge is 0.487 e. The minimum atomic E-state index is -0.224. The van der Waals surface area contributed by atoms with Crippen molar-refractivity contribution < 1.29 is 19.0 Å². The molecule has 0 atom stereocenters. The van der Waals surface area contributed by atoms with Crippen molar-refractivity contribution in [3.05, 3.63) is 70.2 Å². The monoisotopic (exact) mass is 394 g/mol. The highest BCUT2D eigenvalue weighted by Crippen LogP contribution is 2.34. The van der Waals surface area contributed by atoms with Crippen molar-refractivity contribution in [2.24, 2.45) is 0 Å². The van der Waals surface area contributed by atoms with E-state index in [-0.39, 0.29) is 12.7 Å². The van der Waals surface area contributed by atoms with Gasteiger partial charge in [0.25, 0.3) is 0 Å². The molecule has 0 unspecified atom stereocenters. The summed E-state index contributed by atoms with van der Waals surface area (Å²) in [6.45, 7) is 2.62. The third kappa shape index (κ3) is 4.50. The Balaban J connectivity index is 1.30. The first-order valence-electron chi connectivity index (χ1n) is 8.68. The molecule has 6 nitrogen and oxygen atoms in total. The SMILES string of the molecule is Cc1nc(COc2ccc(/C=C/C(=O)Nc3ccc4c(c3)OCO4)cc2)cs1. The third-order valence-corrected chi connectivity index (χ3v) is 4.82. The zero-order chi connectivity index (χ0) is 19.3. The molecule has 1 aliphatic heterocycles. The molecule has 28 heavy (non-hydrogen) atoms. The van der Waals surface area contributed by atoms with Crippen molar-refractivity contribution in [3.63, 3.8) is 0 Å². The van der Waals surface area contributed by atoms with Gasteiger partial charge in [0.15, 0.2) is 11.5 Å². The number of amides is 1. The van der Waals surface area contributed by atoms with Crippen LogP contribution in [0.2, 0.25) is 0 Å². The molecule has 0 saturated heterocycles. The van der Waals surface area contributed by atoms with E-state index in [9.17, 15) is 4.79 Å². The molecule has 0 saturated carbocycles. The Morgan fingerprint density at radius 2 is 2.04 bits per heavy atom. The molecule has 2 aromatic carbocycles. The Hall–Kier alpha value is -3.32. The van der Waals surface area contributed by atoms with Crippen LogP contribution in [0.5, 0.6) is 17.2 Å². The van der Waals surface area contributed by atoms with Crippen LogP contribution in [-0.4, -0.2) is 17.7 Å². The highest BCUT2D eigenvalue weighted by atomic mass is 32.1. The first-order valence-corrected chi connectivity index (χ1v) is 9.56. The zero-order valence-electron chi connectivity index (χ0n) is 15.2. The number of anilines is 1. The number of aryl methyl sites for hydroxylation is 1. The molecular weight excluding hydrogens is 376 g/mol. The second-order valence-electron chi connectivity index (χ2n) is 6.11. The van der Waals surface area contributed by atoms with E-state index < -0.39 is 0 Å². The molecule has 0 bridgehead atoms. The van der Waals surface area contributed by atoms with Gasteiger partial charge in [-0.15, -0.1) is 11.3 Å². The van der Waals surface area contributed by atoms with Crippen LogP contribution in [0.25, 0.3) is 6.08 Å². The molecule has 1 amide bonds. The van der Waals surface area contributed by atoms with Gasteiger partial charge >= 0.3 is 0 Å². The van der Waals surface area contributed by atoms with Gasteiger partial charge in [0.1, 0.15) is 12.4 Å². The Morgan fingerprint density at radius 1 is 1.21 bits per heavy atom. The van der Waals surface area contributed by atoms with Crippen LogP contribution in [-0.2, 0) is 11.4 Å². The number of carbonyl (C=O) groups excluding carboxylic acids is 1. The molecule has 3 aromatic rings. The van der Waals surface area contributed by atoms with Gasteiger partial charge in [0, 0.05) is 23.2 Å². The predicted octanol–water partition coefficient (Wildman–Crippen LogP) is 4.41. The van der Waals surface area contributed by atoms with Crippen LogP contribution in [0, 0.1) is 6.92 Å². The number of nitrogens with zero attached hydrogens (tertiary/aromatic N) is 1. The Bertz CT molecular complexity index is 1010. The van der Waals surface area contributed by atoms with E-state index in [1.807, 2.05) is 36.6 Å². The summed E-state index contributed by atoms with van der Waals surface area (Å²) in [5.41, 5.74) is 2.48. The van der Waals surface area contributed by atoms with Crippen LogP contribution in [0.3, 0.4) is 0 Å². The molecule has 1 aliphatic rings. The fraction of sp³-hybridized carbons (Fsp3) is 0.143. The Morgan fingerprint density at radius 3 is 2.82 bits per heavy atom. The number of aromatic nitrogens is 1. The number of hydrogen-bond acceptors (Lipinski definition) is 6. The highest BCUT2D eigenvalue weighted by Gasteiger charge is 2.13. The number of nitrogens with one attached hydrogen (secondary N) is 1. The first-order chi connectivity index (χ1) is 13.7. The molecule has 2 heterocycles. The maximum Gasteiger partial charge on any atom is 0.248 e. The van der Waals surface area contributed by atoms with E-state index >= 15 is 0 Å². The van der Waals surface area contributed by atoms with Crippen LogP contribution in [0.1, 0.15) is 16.3 Å². The molecule has 4 rings (SSSR count). The van der Waals surface area contributed by atoms with Crippen molar-refractivity contribution in [3.8, 4) is 17.2 Å². The molecule has 1 N–H and O–H groups in total. The number of hydrogen-bond donors (Lipinski definition) is 1. The average molecular weight is 394 g/mol. The van der Waals surface area contributed by atoms with E-state index in [4.69, 9.17) is 14.2 Å². The second kappa shape index (κ2) is 8.14. The summed E-state index contributed by atoms with van der Waals surface area (Å²) in [4.78, 5) is 16.5. The summed E-state index contributed by atoms with van der Waals surface area (Å²) in [7, 11) is 0. The lowest BCUT2D eigenvalue weighted by Crippen LogP contribution is -2.07.